The van der Waals surface area contributed by atoms with Crippen LogP contribution in [0, 0.1) is 0 Å². The average molecular weight is 558 g/mol. The third kappa shape index (κ3) is 7.93. The van der Waals surface area contributed by atoms with Crippen LogP contribution in [-0.4, -0.2) is 77.4 Å². The van der Waals surface area contributed by atoms with Gasteiger partial charge in [-0.25, -0.2) is 13.2 Å². The fourth-order valence-electron chi connectivity index (χ4n) is 3.72. The summed E-state index contributed by atoms with van der Waals surface area (Å²) in [6, 6.07) is 10.0. The number of aromatic hydroxyl groups is 1. The molecule has 13 heteroatoms. The van der Waals surface area contributed by atoms with Crippen molar-refractivity contribution in [2.45, 2.75) is 18.9 Å². The predicted octanol–water partition coefficient (Wildman–Crippen LogP) is 2.60. The van der Waals surface area contributed by atoms with E-state index in [1.54, 1.807) is 18.2 Å². The first-order chi connectivity index (χ1) is 17.1. The van der Waals surface area contributed by atoms with Crippen molar-refractivity contribution in [1.29, 1.82) is 0 Å². The lowest BCUT2D eigenvalue weighted by Gasteiger charge is -2.19. The number of amides is 1. The van der Waals surface area contributed by atoms with Crippen molar-refractivity contribution in [2.75, 3.05) is 37.7 Å². The molecule has 1 amide bonds. The second kappa shape index (κ2) is 12.5. The lowest BCUT2D eigenvalue weighted by molar-refractivity contribution is 0.146. The van der Waals surface area contributed by atoms with Gasteiger partial charge in [-0.15, -0.1) is 0 Å². The maximum atomic E-state index is 12.4. The van der Waals surface area contributed by atoms with E-state index >= 15 is 0 Å². The molecule has 0 fully saturated rings. The Bertz CT molecular complexity index is 1360. The van der Waals surface area contributed by atoms with E-state index in [4.69, 9.17) is 11.6 Å². The van der Waals surface area contributed by atoms with Crippen molar-refractivity contribution >= 4 is 49.1 Å². The van der Waals surface area contributed by atoms with E-state index in [1.807, 2.05) is 6.07 Å². The number of carbonyl (C=O) groups is 1. The van der Waals surface area contributed by atoms with Crippen molar-refractivity contribution in [3.8, 4) is 5.75 Å². The Labute approximate surface area is 217 Å². The SMILES string of the molecule is O=C(O)N(CCCS(=O)(=O)CCNC[C@@H](O)c1ccc(O)c2[nH]c(=O)sc12)CCc1cccc(Cl)c1. The van der Waals surface area contributed by atoms with Crippen LogP contribution in [0.5, 0.6) is 5.75 Å². The van der Waals surface area contributed by atoms with Gasteiger partial charge in [0.1, 0.15) is 11.3 Å². The van der Waals surface area contributed by atoms with Gasteiger partial charge in [0.2, 0.25) is 0 Å². The Morgan fingerprint density at radius 2 is 1.97 bits per heavy atom. The van der Waals surface area contributed by atoms with Crippen molar-refractivity contribution in [1.82, 2.24) is 15.2 Å². The molecule has 1 atom stereocenters. The number of carboxylic acid groups (broad SMARTS) is 1. The van der Waals surface area contributed by atoms with Gasteiger partial charge in [0, 0.05) is 36.8 Å². The summed E-state index contributed by atoms with van der Waals surface area (Å²) < 4.78 is 25.2. The van der Waals surface area contributed by atoms with E-state index in [2.05, 4.69) is 10.3 Å². The number of aliphatic hydroxyl groups is 1. The van der Waals surface area contributed by atoms with Gasteiger partial charge in [0.15, 0.2) is 9.84 Å². The van der Waals surface area contributed by atoms with Crippen LogP contribution < -0.4 is 10.2 Å². The van der Waals surface area contributed by atoms with E-state index in [-0.39, 0.29) is 60.2 Å². The molecular formula is C23H28ClN3O7S2. The number of sulfone groups is 1. The zero-order valence-electron chi connectivity index (χ0n) is 19.3. The smallest absolute Gasteiger partial charge is 0.407 e. The van der Waals surface area contributed by atoms with E-state index in [0.717, 1.165) is 16.9 Å². The molecule has 0 saturated carbocycles. The standard InChI is InChI=1S/C23H28ClN3O7S2/c24-16-4-1-3-15(13-16)7-10-27(23(31)32)9-2-11-36(33,34)12-8-25-14-19(29)17-5-6-18(28)20-21(17)35-22(30)26-20/h1,3-6,13,19,25,28-29H,2,7-12,14H2,(H,26,30)(H,31,32)/t19-/m1/s1. The number of thiazole rings is 1. The summed E-state index contributed by atoms with van der Waals surface area (Å²) >= 11 is 6.82. The number of nitrogens with zero attached hydrogens (tertiary/aromatic N) is 1. The highest BCUT2D eigenvalue weighted by Crippen LogP contribution is 2.31. The number of nitrogens with one attached hydrogen (secondary N) is 2. The minimum Gasteiger partial charge on any atom is -0.506 e. The number of fused-ring (bicyclic) bond motifs is 1. The molecule has 0 aliphatic rings. The Kier molecular flexibility index (Phi) is 9.74. The monoisotopic (exact) mass is 557 g/mol. The van der Waals surface area contributed by atoms with Gasteiger partial charge in [-0.3, -0.25) is 4.79 Å². The maximum absolute atomic E-state index is 12.4. The van der Waals surface area contributed by atoms with Crippen LogP contribution in [0.4, 0.5) is 4.79 Å². The number of hydrogen-bond donors (Lipinski definition) is 5. The summed E-state index contributed by atoms with van der Waals surface area (Å²) in [5.74, 6) is -0.421. The second-order valence-corrected chi connectivity index (χ2v) is 12.0. The number of H-pyrrole nitrogens is 1. The first-order valence-electron chi connectivity index (χ1n) is 11.2. The molecule has 0 unspecified atom stereocenters. The number of benzene rings is 2. The first-order valence-corrected chi connectivity index (χ1v) is 14.2. The van der Waals surface area contributed by atoms with Crippen LogP contribution in [0.25, 0.3) is 10.2 Å². The minimum absolute atomic E-state index is 0.0534. The topological polar surface area (TPSA) is 160 Å². The Balaban J connectivity index is 1.42. The van der Waals surface area contributed by atoms with Crippen molar-refractivity contribution in [3.05, 3.63) is 62.2 Å². The number of hydrogen-bond acceptors (Lipinski definition) is 8. The van der Waals surface area contributed by atoms with Crippen LogP contribution in [0.15, 0.2) is 41.2 Å². The largest absolute Gasteiger partial charge is 0.506 e. The van der Waals surface area contributed by atoms with E-state index in [9.17, 15) is 33.3 Å². The van der Waals surface area contributed by atoms with Gasteiger partial charge in [-0.05, 0) is 36.6 Å². The average Bonchev–Trinajstić information content (AvgIpc) is 3.21. The number of phenolic OH excluding ortho intramolecular Hbond substituents is 1. The lowest BCUT2D eigenvalue weighted by Crippen LogP contribution is -2.34. The van der Waals surface area contributed by atoms with Crippen molar-refractivity contribution in [2.24, 2.45) is 0 Å². The Hall–Kier alpha value is -2.64. The van der Waals surface area contributed by atoms with Crippen LogP contribution >= 0.6 is 22.9 Å². The normalized spacial score (nSPS) is 12.6. The number of aromatic amines is 1. The summed E-state index contributed by atoms with van der Waals surface area (Å²) in [5.41, 5.74) is 1.61. The summed E-state index contributed by atoms with van der Waals surface area (Å²) in [6.45, 7) is 0.479. The summed E-state index contributed by atoms with van der Waals surface area (Å²) in [5, 5.41) is 33.2. The summed E-state index contributed by atoms with van der Waals surface area (Å²) in [4.78, 5) is 26.5. The van der Waals surface area contributed by atoms with Crippen LogP contribution in [-0.2, 0) is 16.3 Å². The summed E-state index contributed by atoms with van der Waals surface area (Å²) in [6.07, 6.45) is -1.48. The molecule has 2 aromatic carbocycles. The molecule has 10 nitrogen and oxygen atoms in total. The molecule has 0 aliphatic carbocycles. The molecule has 3 rings (SSSR count). The molecule has 3 aromatic rings. The van der Waals surface area contributed by atoms with Crippen molar-refractivity contribution in [3.63, 3.8) is 0 Å². The number of rotatable bonds is 13. The zero-order valence-corrected chi connectivity index (χ0v) is 21.7. The summed E-state index contributed by atoms with van der Waals surface area (Å²) in [7, 11) is -3.43. The number of aromatic nitrogens is 1. The fourth-order valence-corrected chi connectivity index (χ4v) is 6.07. The van der Waals surface area contributed by atoms with Crippen LogP contribution in [0.1, 0.15) is 23.7 Å². The highest BCUT2D eigenvalue weighted by molar-refractivity contribution is 7.91. The van der Waals surface area contributed by atoms with Crippen LogP contribution in [0.2, 0.25) is 5.02 Å². The van der Waals surface area contributed by atoms with Gasteiger partial charge in [-0.2, -0.15) is 0 Å². The first kappa shape index (κ1) is 27.9. The molecule has 0 spiro atoms. The molecular weight excluding hydrogens is 530 g/mol. The fraction of sp³-hybridized carbons (Fsp3) is 0.391. The van der Waals surface area contributed by atoms with Gasteiger partial charge in [0.25, 0.3) is 0 Å². The molecule has 0 saturated heterocycles. The van der Waals surface area contributed by atoms with Gasteiger partial charge in [-0.1, -0.05) is 41.1 Å². The van der Waals surface area contributed by atoms with Crippen LogP contribution in [0.3, 0.4) is 0 Å². The van der Waals surface area contributed by atoms with E-state index < -0.39 is 22.0 Å². The molecule has 0 bridgehead atoms. The molecule has 0 aliphatic heterocycles. The molecule has 5 N–H and O–H groups in total. The maximum Gasteiger partial charge on any atom is 0.407 e. The number of aliphatic hydroxyl groups excluding tert-OH is 1. The van der Waals surface area contributed by atoms with Gasteiger partial charge >= 0.3 is 11.0 Å². The molecule has 1 heterocycles. The molecule has 1 aromatic heterocycles. The highest BCUT2D eigenvalue weighted by Gasteiger charge is 2.18. The second-order valence-electron chi connectivity index (χ2n) is 8.27. The van der Waals surface area contributed by atoms with E-state index in [0.29, 0.717) is 21.7 Å². The number of halogens is 1. The molecule has 0 radical (unpaired) electrons. The highest BCUT2D eigenvalue weighted by atomic mass is 35.5. The number of phenols is 1. The third-order valence-corrected chi connectivity index (χ3v) is 8.49. The molecule has 36 heavy (non-hydrogen) atoms. The van der Waals surface area contributed by atoms with Crippen molar-refractivity contribution < 1.29 is 28.5 Å². The Morgan fingerprint density at radius 3 is 2.69 bits per heavy atom. The van der Waals surface area contributed by atoms with Gasteiger partial charge < -0.3 is 30.5 Å². The molecule has 196 valence electrons. The quantitative estimate of drug-likeness (QED) is 0.200. The predicted molar refractivity (Wildman–Crippen MR) is 140 cm³/mol. The minimum atomic E-state index is -3.43. The third-order valence-electron chi connectivity index (χ3n) is 5.59. The van der Waals surface area contributed by atoms with E-state index in [1.165, 1.54) is 17.0 Å². The Morgan fingerprint density at radius 1 is 1.19 bits per heavy atom. The lowest BCUT2D eigenvalue weighted by atomic mass is 10.1. The zero-order chi connectivity index (χ0) is 26.3. The van der Waals surface area contributed by atoms with Gasteiger partial charge in [0.05, 0.1) is 22.3 Å².